The quantitative estimate of drug-likeness (QED) is 0.322. The minimum atomic E-state index is -0.569. The largest absolute Gasteiger partial charge is 0.497 e. The molecule has 10 nitrogen and oxygen atoms in total. The molecule has 0 saturated heterocycles. The van der Waals surface area contributed by atoms with Crippen molar-refractivity contribution in [3.8, 4) is 11.6 Å². The predicted octanol–water partition coefficient (Wildman–Crippen LogP) is 4.58. The van der Waals surface area contributed by atoms with Crippen molar-refractivity contribution in [3.63, 3.8) is 0 Å². The molecule has 2 aromatic heterocycles. The van der Waals surface area contributed by atoms with Crippen LogP contribution in [0.3, 0.4) is 0 Å². The summed E-state index contributed by atoms with van der Waals surface area (Å²) in [4.78, 5) is 31.8. The topological polar surface area (TPSA) is 121 Å². The van der Waals surface area contributed by atoms with Gasteiger partial charge in [-0.1, -0.05) is 6.07 Å². The summed E-state index contributed by atoms with van der Waals surface area (Å²) in [5, 5.41) is 14.8. The van der Waals surface area contributed by atoms with Gasteiger partial charge < -0.3 is 25.0 Å². The number of hydrogen-bond donors (Lipinski definition) is 3. The van der Waals surface area contributed by atoms with Gasteiger partial charge in [-0.25, -0.2) is 4.98 Å². The average molecular weight is 527 g/mol. The standard InChI is InChI=1S/C29H30N6O4/c1-15(2)35(3)27(36)23-11-10-22(26(31-23)39-5)30-25-18-8-6-16(12-24(18)33-34-25)20-14-29(20)19-13-17(38-4)7-9-21(19)32-28(29)37/h6-13,15,20H,14H2,1-5H3,(H,32,37)(H2,30,33,34)/t20-,29-/m0/s1. The third-order valence-electron chi connectivity index (χ3n) is 7.93. The molecule has 1 aliphatic heterocycles. The maximum Gasteiger partial charge on any atom is 0.272 e. The van der Waals surface area contributed by atoms with Gasteiger partial charge in [-0.05, 0) is 73.9 Å². The predicted molar refractivity (Wildman–Crippen MR) is 148 cm³/mol. The molecular weight excluding hydrogens is 496 g/mol. The van der Waals surface area contributed by atoms with Gasteiger partial charge in [0.15, 0.2) is 5.82 Å². The van der Waals surface area contributed by atoms with Crippen LogP contribution < -0.4 is 20.1 Å². The summed E-state index contributed by atoms with van der Waals surface area (Å²) in [6, 6.07) is 15.3. The van der Waals surface area contributed by atoms with Crippen LogP contribution in [0.15, 0.2) is 48.5 Å². The van der Waals surface area contributed by atoms with Gasteiger partial charge in [0.25, 0.3) is 5.91 Å². The molecule has 0 unspecified atom stereocenters. The zero-order valence-electron chi connectivity index (χ0n) is 22.5. The Kier molecular flexibility index (Phi) is 5.71. The van der Waals surface area contributed by atoms with Gasteiger partial charge in [-0.2, -0.15) is 5.10 Å². The number of aromatic amines is 1. The molecule has 3 heterocycles. The van der Waals surface area contributed by atoms with Gasteiger partial charge in [0.1, 0.15) is 17.1 Å². The van der Waals surface area contributed by atoms with Crippen LogP contribution in [-0.4, -0.2) is 59.2 Å². The number of nitrogens with zero attached hydrogens (tertiary/aromatic N) is 3. The molecule has 10 heteroatoms. The van der Waals surface area contributed by atoms with E-state index in [-0.39, 0.29) is 23.8 Å². The molecule has 4 aromatic rings. The van der Waals surface area contributed by atoms with Gasteiger partial charge >= 0.3 is 0 Å². The minimum absolute atomic E-state index is 0.0314. The number of pyridine rings is 1. The van der Waals surface area contributed by atoms with E-state index in [0.717, 1.165) is 39.9 Å². The molecule has 0 radical (unpaired) electrons. The van der Waals surface area contributed by atoms with Crippen molar-refractivity contribution < 1.29 is 19.1 Å². The summed E-state index contributed by atoms with van der Waals surface area (Å²) < 4.78 is 10.9. The highest BCUT2D eigenvalue weighted by Crippen LogP contribution is 2.65. The van der Waals surface area contributed by atoms with Crippen molar-refractivity contribution in [1.29, 1.82) is 0 Å². The second-order valence-electron chi connectivity index (χ2n) is 10.4. The fourth-order valence-electron chi connectivity index (χ4n) is 5.40. The first-order chi connectivity index (χ1) is 18.8. The zero-order valence-corrected chi connectivity index (χ0v) is 22.5. The van der Waals surface area contributed by atoms with Gasteiger partial charge in [0.05, 0.1) is 25.2 Å². The Morgan fingerprint density at radius 1 is 1.13 bits per heavy atom. The first-order valence-electron chi connectivity index (χ1n) is 12.8. The molecule has 1 aliphatic carbocycles. The van der Waals surface area contributed by atoms with E-state index in [1.54, 1.807) is 31.2 Å². The lowest BCUT2D eigenvalue weighted by Crippen LogP contribution is -2.33. The Bertz CT molecular complexity index is 1630. The van der Waals surface area contributed by atoms with Crippen LogP contribution in [0.4, 0.5) is 17.2 Å². The van der Waals surface area contributed by atoms with E-state index in [2.05, 4.69) is 31.9 Å². The van der Waals surface area contributed by atoms with Crippen molar-refractivity contribution in [2.45, 2.75) is 37.6 Å². The fraction of sp³-hybridized carbons (Fsp3) is 0.310. The van der Waals surface area contributed by atoms with E-state index in [1.807, 2.05) is 44.2 Å². The van der Waals surface area contributed by atoms with Crippen LogP contribution in [0, 0.1) is 0 Å². The number of ether oxygens (including phenoxy) is 2. The van der Waals surface area contributed by atoms with Crippen molar-refractivity contribution >= 4 is 39.9 Å². The molecular formula is C29H30N6O4. The number of hydrogen-bond acceptors (Lipinski definition) is 7. The average Bonchev–Trinajstić information content (AvgIpc) is 3.50. The Labute approximate surface area is 225 Å². The molecule has 2 aliphatic rings. The summed E-state index contributed by atoms with van der Waals surface area (Å²) in [5.74, 6) is 1.56. The number of benzene rings is 2. The molecule has 1 spiro atoms. The van der Waals surface area contributed by atoms with E-state index in [1.165, 1.54) is 7.11 Å². The Hall–Kier alpha value is -4.60. The number of anilines is 3. The molecule has 2 aromatic carbocycles. The maximum absolute atomic E-state index is 13.0. The van der Waals surface area contributed by atoms with E-state index < -0.39 is 5.41 Å². The van der Waals surface area contributed by atoms with Crippen LogP contribution in [0.2, 0.25) is 0 Å². The molecule has 2 atom stereocenters. The second-order valence-corrected chi connectivity index (χ2v) is 10.4. The third-order valence-corrected chi connectivity index (χ3v) is 7.93. The number of fused-ring (bicyclic) bond motifs is 3. The van der Waals surface area contributed by atoms with Crippen LogP contribution in [-0.2, 0) is 10.2 Å². The highest BCUT2D eigenvalue weighted by Gasteiger charge is 2.65. The lowest BCUT2D eigenvalue weighted by atomic mass is 9.91. The summed E-state index contributed by atoms with van der Waals surface area (Å²) in [7, 11) is 4.89. The van der Waals surface area contributed by atoms with E-state index >= 15 is 0 Å². The zero-order chi connectivity index (χ0) is 27.5. The summed E-state index contributed by atoms with van der Waals surface area (Å²) >= 11 is 0. The van der Waals surface area contributed by atoms with Crippen molar-refractivity contribution in [3.05, 3.63) is 65.4 Å². The van der Waals surface area contributed by atoms with E-state index in [0.29, 0.717) is 23.1 Å². The molecule has 3 N–H and O–H groups in total. The third kappa shape index (κ3) is 3.86. The van der Waals surface area contributed by atoms with E-state index in [9.17, 15) is 9.59 Å². The van der Waals surface area contributed by atoms with Crippen LogP contribution in [0.25, 0.3) is 10.9 Å². The molecule has 0 bridgehead atoms. The molecule has 6 rings (SSSR count). The number of rotatable bonds is 7. The minimum Gasteiger partial charge on any atom is -0.497 e. The highest BCUT2D eigenvalue weighted by molar-refractivity contribution is 6.10. The maximum atomic E-state index is 13.0. The smallest absolute Gasteiger partial charge is 0.272 e. The van der Waals surface area contributed by atoms with Gasteiger partial charge in [-0.15, -0.1) is 0 Å². The Morgan fingerprint density at radius 2 is 1.95 bits per heavy atom. The summed E-state index contributed by atoms with van der Waals surface area (Å²) in [5.41, 5.74) is 4.08. The first kappa shape index (κ1) is 24.7. The molecule has 2 amide bonds. The monoisotopic (exact) mass is 526 g/mol. The number of amides is 2. The van der Waals surface area contributed by atoms with Crippen LogP contribution in [0.5, 0.6) is 11.6 Å². The van der Waals surface area contributed by atoms with Crippen LogP contribution >= 0.6 is 0 Å². The number of nitrogens with one attached hydrogen (secondary N) is 3. The molecule has 39 heavy (non-hydrogen) atoms. The number of aromatic nitrogens is 3. The van der Waals surface area contributed by atoms with Gasteiger partial charge in [0.2, 0.25) is 11.8 Å². The van der Waals surface area contributed by atoms with Gasteiger partial charge in [0, 0.05) is 30.1 Å². The normalized spacial score (nSPS) is 19.2. The van der Waals surface area contributed by atoms with Crippen LogP contribution in [0.1, 0.15) is 47.8 Å². The fourth-order valence-corrected chi connectivity index (χ4v) is 5.40. The van der Waals surface area contributed by atoms with Crippen molar-refractivity contribution in [2.75, 3.05) is 31.9 Å². The second kappa shape index (κ2) is 9.00. The Balaban J connectivity index is 1.26. The van der Waals surface area contributed by atoms with Gasteiger partial charge in [-0.3, -0.25) is 14.7 Å². The first-order valence-corrected chi connectivity index (χ1v) is 12.8. The highest BCUT2D eigenvalue weighted by atomic mass is 16.5. The van der Waals surface area contributed by atoms with Crippen molar-refractivity contribution in [2.24, 2.45) is 0 Å². The van der Waals surface area contributed by atoms with E-state index in [4.69, 9.17) is 9.47 Å². The molecule has 1 fully saturated rings. The summed E-state index contributed by atoms with van der Waals surface area (Å²) in [6.07, 6.45) is 0.740. The number of H-pyrrole nitrogens is 1. The summed E-state index contributed by atoms with van der Waals surface area (Å²) in [6.45, 7) is 3.89. The number of carbonyl (C=O) groups excluding carboxylic acids is 2. The van der Waals surface area contributed by atoms with Crippen molar-refractivity contribution in [1.82, 2.24) is 20.1 Å². The molecule has 1 saturated carbocycles. The Morgan fingerprint density at radius 3 is 2.69 bits per heavy atom. The lowest BCUT2D eigenvalue weighted by molar-refractivity contribution is -0.118. The number of methoxy groups -OCH3 is 2. The number of carbonyl (C=O) groups is 2. The molecule has 200 valence electrons. The lowest BCUT2D eigenvalue weighted by Gasteiger charge is -2.21. The SMILES string of the molecule is COc1ccc2c(c1)[C@]1(C[C@H]1c1ccc3c(Nc4ccc(C(=O)N(C)C(C)C)nc4OC)n[nH]c3c1)C(=O)N2.